The number of aromatic amines is 1. The van der Waals surface area contributed by atoms with E-state index >= 15 is 0 Å². The Bertz CT molecular complexity index is 327. The third-order valence-corrected chi connectivity index (χ3v) is 2.61. The molecule has 0 saturated carbocycles. The second-order valence-corrected chi connectivity index (χ2v) is 4.02. The number of anilines is 1. The summed E-state index contributed by atoms with van der Waals surface area (Å²) in [6.45, 7) is 8.22. The molecule has 1 unspecified atom stereocenters. The van der Waals surface area contributed by atoms with Crippen molar-refractivity contribution in [2.75, 3.05) is 31.1 Å². The first-order valence-corrected chi connectivity index (χ1v) is 5.77. The molecule has 1 aromatic rings. The fraction of sp³-hybridized carbons (Fsp3) is 0.800. The van der Waals surface area contributed by atoms with Crippen molar-refractivity contribution < 1.29 is 4.74 Å². The van der Waals surface area contributed by atoms with E-state index in [4.69, 9.17) is 4.74 Å². The van der Waals surface area contributed by atoms with Crippen molar-refractivity contribution in [1.29, 1.82) is 0 Å². The number of piperazine rings is 1. The predicted octanol–water partition coefficient (Wildman–Crippen LogP) is 0.139. The number of nitrogens with one attached hydrogen (secondary N) is 2. The molecule has 1 aromatic heterocycles. The summed E-state index contributed by atoms with van der Waals surface area (Å²) in [5, 5.41) is 10.5. The van der Waals surface area contributed by atoms with Crippen molar-refractivity contribution >= 4 is 5.95 Å². The molecule has 2 rings (SSSR count). The third kappa shape index (κ3) is 2.70. The van der Waals surface area contributed by atoms with Crippen LogP contribution in [0.2, 0.25) is 0 Å². The molecule has 0 spiro atoms. The quantitative estimate of drug-likeness (QED) is 0.763. The number of rotatable bonds is 4. The van der Waals surface area contributed by atoms with E-state index in [1.165, 1.54) is 0 Å². The lowest BCUT2D eigenvalue weighted by Gasteiger charge is -2.30. The van der Waals surface area contributed by atoms with E-state index < -0.39 is 0 Å². The van der Waals surface area contributed by atoms with Crippen LogP contribution in [0.3, 0.4) is 0 Å². The van der Waals surface area contributed by atoms with Gasteiger partial charge in [0.1, 0.15) is 6.61 Å². The van der Waals surface area contributed by atoms with Gasteiger partial charge in [0.25, 0.3) is 0 Å². The molecule has 0 amide bonds. The largest absolute Gasteiger partial charge is 0.374 e. The molecule has 1 fully saturated rings. The first-order valence-electron chi connectivity index (χ1n) is 5.77. The molecule has 0 radical (unpaired) electrons. The van der Waals surface area contributed by atoms with Crippen LogP contribution in [0.15, 0.2) is 0 Å². The Morgan fingerprint density at radius 2 is 2.44 bits per heavy atom. The summed E-state index contributed by atoms with van der Waals surface area (Å²) in [6, 6.07) is 0.489. The molecular weight excluding hydrogens is 206 g/mol. The third-order valence-electron chi connectivity index (χ3n) is 2.61. The van der Waals surface area contributed by atoms with Crippen molar-refractivity contribution in [1.82, 2.24) is 20.5 Å². The summed E-state index contributed by atoms with van der Waals surface area (Å²) in [7, 11) is 0. The Balaban J connectivity index is 1.95. The molecule has 0 aromatic carbocycles. The van der Waals surface area contributed by atoms with Crippen LogP contribution < -0.4 is 10.2 Å². The molecule has 6 heteroatoms. The van der Waals surface area contributed by atoms with Crippen molar-refractivity contribution in [3.8, 4) is 0 Å². The highest BCUT2D eigenvalue weighted by atomic mass is 16.5. The number of nitrogens with zero attached hydrogens (tertiary/aromatic N) is 3. The van der Waals surface area contributed by atoms with Crippen LogP contribution in [-0.4, -0.2) is 47.5 Å². The zero-order valence-corrected chi connectivity index (χ0v) is 9.86. The van der Waals surface area contributed by atoms with Crippen molar-refractivity contribution in [2.24, 2.45) is 0 Å². The van der Waals surface area contributed by atoms with Crippen molar-refractivity contribution in [3.05, 3.63) is 5.82 Å². The average Bonchev–Trinajstić information content (AvgIpc) is 2.75. The first kappa shape index (κ1) is 11.3. The number of hydrogen-bond acceptors (Lipinski definition) is 5. The smallest absolute Gasteiger partial charge is 0.244 e. The first-order chi connectivity index (χ1) is 7.79. The van der Waals surface area contributed by atoms with Gasteiger partial charge in [-0.2, -0.15) is 4.98 Å². The van der Waals surface area contributed by atoms with E-state index in [1.54, 1.807) is 0 Å². The summed E-state index contributed by atoms with van der Waals surface area (Å²) in [4.78, 5) is 6.60. The Kier molecular flexibility index (Phi) is 3.74. The molecule has 1 aliphatic rings. The maximum atomic E-state index is 5.28. The second-order valence-electron chi connectivity index (χ2n) is 4.02. The van der Waals surface area contributed by atoms with Crippen LogP contribution in [0.4, 0.5) is 5.95 Å². The second kappa shape index (κ2) is 5.27. The summed E-state index contributed by atoms with van der Waals surface area (Å²) in [6.07, 6.45) is 0. The lowest BCUT2D eigenvalue weighted by molar-refractivity contribution is 0.128. The maximum absolute atomic E-state index is 5.28. The fourth-order valence-corrected chi connectivity index (χ4v) is 1.80. The van der Waals surface area contributed by atoms with Crippen LogP contribution in [0.25, 0.3) is 0 Å². The van der Waals surface area contributed by atoms with Gasteiger partial charge in [0, 0.05) is 32.3 Å². The summed E-state index contributed by atoms with van der Waals surface area (Å²) >= 11 is 0. The molecule has 1 atom stereocenters. The van der Waals surface area contributed by atoms with E-state index in [-0.39, 0.29) is 0 Å². The van der Waals surface area contributed by atoms with Gasteiger partial charge in [-0.1, -0.05) is 0 Å². The number of ether oxygens (including phenoxy) is 1. The van der Waals surface area contributed by atoms with Gasteiger partial charge < -0.3 is 15.0 Å². The van der Waals surface area contributed by atoms with E-state index in [9.17, 15) is 0 Å². The summed E-state index contributed by atoms with van der Waals surface area (Å²) < 4.78 is 5.28. The minimum absolute atomic E-state index is 0.489. The number of aromatic nitrogens is 3. The Hall–Kier alpha value is -1.14. The van der Waals surface area contributed by atoms with Crippen LogP contribution >= 0.6 is 0 Å². The summed E-state index contributed by atoms with van der Waals surface area (Å²) in [5.74, 6) is 1.58. The minimum Gasteiger partial charge on any atom is -0.374 e. The van der Waals surface area contributed by atoms with Gasteiger partial charge in [-0.3, -0.25) is 5.10 Å². The van der Waals surface area contributed by atoms with Gasteiger partial charge >= 0.3 is 0 Å². The highest BCUT2D eigenvalue weighted by molar-refractivity contribution is 5.29. The molecule has 1 saturated heterocycles. The van der Waals surface area contributed by atoms with E-state index in [1.807, 2.05) is 6.92 Å². The minimum atomic E-state index is 0.489. The van der Waals surface area contributed by atoms with Crippen molar-refractivity contribution in [2.45, 2.75) is 26.5 Å². The van der Waals surface area contributed by atoms with E-state index in [2.05, 4.69) is 32.3 Å². The lowest BCUT2D eigenvalue weighted by atomic mass is 10.2. The van der Waals surface area contributed by atoms with Gasteiger partial charge in [-0.15, -0.1) is 5.10 Å². The maximum Gasteiger partial charge on any atom is 0.244 e. The molecule has 2 heterocycles. The normalized spacial score (nSPS) is 21.4. The molecule has 6 nitrogen and oxygen atoms in total. The molecule has 0 bridgehead atoms. The molecule has 0 aliphatic carbocycles. The molecule has 90 valence electrons. The Morgan fingerprint density at radius 1 is 1.56 bits per heavy atom. The molecule has 1 aliphatic heterocycles. The van der Waals surface area contributed by atoms with Gasteiger partial charge in [0.05, 0.1) is 0 Å². The fourth-order valence-electron chi connectivity index (χ4n) is 1.80. The topological polar surface area (TPSA) is 66.1 Å². The number of hydrogen-bond donors (Lipinski definition) is 2. The highest BCUT2D eigenvalue weighted by Crippen LogP contribution is 2.10. The zero-order chi connectivity index (χ0) is 11.4. The van der Waals surface area contributed by atoms with Crippen LogP contribution in [0.5, 0.6) is 0 Å². The zero-order valence-electron chi connectivity index (χ0n) is 9.86. The monoisotopic (exact) mass is 225 g/mol. The van der Waals surface area contributed by atoms with Crippen molar-refractivity contribution in [3.63, 3.8) is 0 Å². The van der Waals surface area contributed by atoms with Crippen LogP contribution in [-0.2, 0) is 11.3 Å². The van der Waals surface area contributed by atoms with Gasteiger partial charge in [0.2, 0.25) is 5.95 Å². The molecule has 16 heavy (non-hydrogen) atoms. The summed E-state index contributed by atoms with van der Waals surface area (Å²) in [5.41, 5.74) is 0. The van der Waals surface area contributed by atoms with Gasteiger partial charge in [0.15, 0.2) is 5.82 Å². The standard InChI is InChI=1S/C10H19N5O/c1-3-16-7-9-12-10(14-13-9)15-5-4-11-8(2)6-15/h8,11H,3-7H2,1-2H3,(H,12,13,14). The lowest BCUT2D eigenvalue weighted by Crippen LogP contribution is -2.49. The highest BCUT2D eigenvalue weighted by Gasteiger charge is 2.19. The Morgan fingerprint density at radius 3 is 3.19 bits per heavy atom. The number of H-pyrrole nitrogens is 1. The van der Waals surface area contributed by atoms with Gasteiger partial charge in [-0.25, -0.2) is 0 Å². The van der Waals surface area contributed by atoms with Crippen LogP contribution in [0.1, 0.15) is 19.7 Å². The molecule has 2 N–H and O–H groups in total. The predicted molar refractivity (Wildman–Crippen MR) is 61.4 cm³/mol. The van der Waals surface area contributed by atoms with E-state index in [0.717, 1.165) is 31.4 Å². The SMILES string of the molecule is CCOCc1nc(N2CCNC(C)C2)n[nH]1. The van der Waals surface area contributed by atoms with Gasteiger partial charge in [-0.05, 0) is 13.8 Å². The van der Waals surface area contributed by atoms with Crippen LogP contribution in [0, 0.1) is 0 Å². The van der Waals surface area contributed by atoms with E-state index in [0.29, 0.717) is 19.3 Å². The average molecular weight is 225 g/mol. The Labute approximate surface area is 95.4 Å². The molecular formula is C10H19N5O.